The van der Waals surface area contributed by atoms with Gasteiger partial charge in [-0.05, 0) is 36.8 Å². The molecule has 1 aromatic carbocycles. The molecule has 1 N–H and O–H groups in total. The van der Waals surface area contributed by atoms with E-state index < -0.39 is 0 Å². The van der Waals surface area contributed by atoms with E-state index in [1.807, 2.05) is 0 Å². The zero-order chi connectivity index (χ0) is 14.4. The Labute approximate surface area is 125 Å². The molecule has 1 heterocycles. The van der Waals surface area contributed by atoms with Crippen molar-refractivity contribution in [2.75, 3.05) is 5.32 Å². The summed E-state index contributed by atoms with van der Waals surface area (Å²) >= 11 is 1.45. The molecule has 0 unspecified atom stereocenters. The number of hydrogen-bond acceptors (Lipinski definition) is 4. The largest absolute Gasteiger partial charge is 0.300 e. The van der Waals surface area contributed by atoms with Crippen molar-refractivity contribution in [1.29, 1.82) is 0 Å². The van der Waals surface area contributed by atoms with E-state index in [2.05, 4.69) is 15.5 Å². The summed E-state index contributed by atoms with van der Waals surface area (Å²) < 4.78 is 13.7. The first-order valence-corrected chi connectivity index (χ1v) is 7.92. The highest BCUT2D eigenvalue weighted by atomic mass is 32.1. The number of benzene rings is 1. The molecule has 4 nitrogen and oxygen atoms in total. The standard InChI is InChI=1S/C15H14FN3OS/c16-12-4-2-1-3-9(12)10-7-11(10)13(20)17-15-19-18-14(21-15)8-5-6-8/h1-4,8,10-11H,5-7H2,(H,17,19,20)/t10-,11+/m0/s1. The van der Waals surface area contributed by atoms with Gasteiger partial charge in [0.1, 0.15) is 10.8 Å². The molecule has 21 heavy (non-hydrogen) atoms. The Morgan fingerprint density at radius 2 is 2.10 bits per heavy atom. The van der Waals surface area contributed by atoms with Gasteiger partial charge in [0.15, 0.2) is 0 Å². The molecule has 2 aliphatic rings. The van der Waals surface area contributed by atoms with Crippen LogP contribution in [0.25, 0.3) is 0 Å². The van der Waals surface area contributed by atoms with Crippen molar-refractivity contribution >= 4 is 22.4 Å². The number of rotatable bonds is 4. The van der Waals surface area contributed by atoms with Gasteiger partial charge in [-0.1, -0.05) is 29.5 Å². The molecule has 2 atom stereocenters. The van der Waals surface area contributed by atoms with Crippen LogP contribution < -0.4 is 5.32 Å². The molecule has 2 saturated carbocycles. The predicted octanol–water partition coefficient (Wildman–Crippen LogP) is 3.30. The second-order valence-electron chi connectivity index (χ2n) is 5.68. The summed E-state index contributed by atoms with van der Waals surface area (Å²) in [5.41, 5.74) is 0.633. The van der Waals surface area contributed by atoms with Gasteiger partial charge in [0.05, 0.1) is 0 Å². The van der Waals surface area contributed by atoms with Crippen LogP contribution in [-0.4, -0.2) is 16.1 Å². The number of carbonyl (C=O) groups is 1. The number of halogens is 1. The summed E-state index contributed by atoms with van der Waals surface area (Å²) in [6.45, 7) is 0. The van der Waals surface area contributed by atoms with Gasteiger partial charge < -0.3 is 5.32 Å². The lowest BCUT2D eigenvalue weighted by Gasteiger charge is -2.02. The molecule has 2 aliphatic carbocycles. The minimum atomic E-state index is -0.232. The van der Waals surface area contributed by atoms with E-state index in [1.54, 1.807) is 18.2 Å². The van der Waals surface area contributed by atoms with Crippen LogP contribution in [0.15, 0.2) is 24.3 Å². The maximum absolute atomic E-state index is 13.7. The molecule has 0 aliphatic heterocycles. The third-order valence-electron chi connectivity index (χ3n) is 4.03. The normalized spacial score (nSPS) is 23.9. The molecule has 0 spiro atoms. The highest BCUT2D eigenvalue weighted by molar-refractivity contribution is 7.15. The van der Waals surface area contributed by atoms with Crippen molar-refractivity contribution in [3.05, 3.63) is 40.7 Å². The zero-order valence-electron chi connectivity index (χ0n) is 11.3. The Morgan fingerprint density at radius 3 is 2.86 bits per heavy atom. The SMILES string of the molecule is O=C(Nc1nnc(C2CC2)s1)[C@@H]1C[C@H]1c1ccccc1F. The van der Waals surface area contributed by atoms with E-state index in [-0.39, 0.29) is 23.6 Å². The number of anilines is 1. The third-order valence-corrected chi connectivity index (χ3v) is 5.03. The van der Waals surface area contributed by atoms with Gasteiger partial charge in [-0.15, -0.1) is 10.2 Å². The Kier molecular flexibility index (Phi) is 2.99. The number of nitrogens with one attached hydrogen (secondary N) is 1. The summed E-state index contributed by atoms with van der Waals surface area (Å²) in [5.74, 6) is 0.0592. The summed E-state index contributed by atoms with van der Waals surface area (Å²) in [4.78, 5) is 12.2. The molecule has 2 aromatic rings. The molecule has 4 rings (SSSR count). The fraction of sp³-hybridized carbons (Fsp3) is 0.400. The summed E-state index contributed by atoms with van der Waals surface area (Å²) in [5, 5.41) is 12.5. The maximum Gasteiger partial charge on any atom is 0.229 e. The minimum absolute atomic E-state index is 0.0120. The van der Waals surface area contributed by atoms with Crippen LogP contribution >= 0.6 is 11.3 Å². The van der Waals surface area contributed by atoms with Gasteiger partial charge in [-0.3, -0.25) is 4.79 Å². The van der Waals surface area contributed by atoms with Crippen LogP contribution in [0.2, 0.25) is 0 Å². The van der Waals surface area contributed by atoms with E-state index in [0.717, 1.165) is 5.01 Å². The van der Waals surface area contributed by atoms with Crippen LogP contribution in [0.3, 0.4) is 0 Å². The first-order valence-electron chi connectivity index (χ1n) is 7.11. The Balaban J connectivity index is 1.41. The smallest absolute Gasteiger partial charge is 0.229 e. The van der Waals surface area contributed by atoms with E-state index in [1.165, 1.54) is 30.2 Å². The quantitative estimate of drug-likeness (QED) is 0.943. The number of amides is 1. The van der Waals surface area contributed by atoms with Crippen LogP contribution in [-0.2, 0) is 4.79 Å². The molecular formula is C15H14FN3OS. The van der Waals surface area contributed by atoms with Crippen molar-refractivity contribution < 1.29 is 9.18 Å². The van der Waals surface area contributed by atoms with Gasteiger partial charge >= 0.3 is 0 Å². The second-order valence-corrected chi connectivity index (χ2v) is 6.69. The van der Waals surface area contributed by atoms with Crippen molar-refractivity contribution in [1.82, 2.24) is 10.2 Å². The van der Waals surface area contributed by atoms with Gasteiger partial charge in [0.2, 0.25) is 11.0 Å². The molecule has 0 bridgehead atoms. The lowest BCUT2D eigenvalue weighted by molar-refractivity contribution is -0.117. The predicted molar refractivity (Wildman–Crippen MR) is 77.8 cm³/mol. The first kappa shape index (κ1) is 12.9. The fourth-order valence-electron chi connectivity index (χ4n) is 2.58. The van der Waals surface area contributed by atoms with Crippen molar-refractivity contribution in [2.24, 2.45) is 5.92 Å². The highest BCUT2D eigenvalue weighted by Crippen LogP contribution is 2.49. The highest BCUT2D eigenvalue weighted by Gasteiger charge is 2.45. The Bertz CT molecular complexity index is 698. The molecule has 2 fully saturated rings. The molecule has 6 heteroatoms. The Morgan fingerprint density at radius 1 is 1.29 bits per heavy atom. The molecule has 0 saturated heterocycles. The van der Waals surface area contributed by atoms with Crippen LogP contribution in [0.1, 0.15) is 41.7 Å². The summed E-state index contributed by atoms with van der Waals surface area (Å²) in [6, 6.07) is 6.66. The molecular weight excluding hydrogens is 289 g/mol. The first-order chi connectivity index (χ1) is 10.2. The van der Waals surface area contributed by atoms with Gasteiger partial charge in [0, 0.05) is 11.8 Å². The zero-order valence-corrected chi connectivity index (χ0v) is 12.1. The third kappa shape index (κ3) is 2.55. The Hall–Kier alpha value is -1.82. The number of nitrogens with zero attached hydrogens (tertiary/aromatic N) is 2. The van der Waals surface area contributed by atoms with Crippen molar-refractivity contribution in [3.63, 3.8) is 0 Å². The van der Waals surface area contributed by atoms with Crippen molar-refractivity contribution in [3.8, 4) is 0 Å². The number of aromatic nitrogens is 2. The van der Waals surface area contributed by atoms with E-state index in [4.69, 9.17) is 0 Å². The minimum Gasteiger partial charge on any atom is -0.300 e. The molecule has 0 radical (unpaired) electrons. The lowest BCUT2D eigenvalue weighted by atomic mass is 10.1. The maximum atomic E-state index is 13.7. The van der Waals surface area contributed by atoms with Crippen LogP contribution in [0.4, 0.5) is 9.52 Å². The second kappa shape index (κ2) is 4.87. The number of hydrogen-bond donors (Lipinski definition) is 1. The average molecular weight is 303 g/mol. The van der Waals surface area contributed by atoms with Gasteiger partial charge in [-0.25, -0.2) is 4.39 Å². The van der Waals surface area contributed by atoms with Gasteiger partial charge in [-0.2, -0.15) is 0 Å². The molecule has 108 valence electrons. The molecule has 1 amide bonds. The fourth-order valence-corrected chi connectivity index (χ4v) is 3.50. The topological polar surface area (TPSA) is 54.9 Å². The van der Waals surface area contributed by atoms with E-state index >= 15 is 0 Å². The van der Waals surface area contributed by atoms with E-state index in [0.29, 0.717) is 23.0 Å². The van der Waals surface area contributed by atoms with Crippen molar-refractivity contribution in [2.45, 2.75) is 31.1 Å². The number of carbonyl (C=O) groups excluding carboxylic acids is 1. The average Bonchev–Trinajstić information content (AvgIpc) is 3.39. The lowest BCUT2D eigenvalue weighted by Crippen LogP contribution is -2.14. The van der Waals surface area contributed by atoms with Gasteiger partial charge in [0.25, 0.3) is 0 Å². The summed E-state index contributed by atoms with van der Waals surface area (Å²) in [6.07, 6.45) is 3.03. The van der Waals surface area contributed by atoms with E-state index in [9.17, 15) is 9.18 Å². The van der Waals surface area contributed by atoms with Crippen LogP contribution in [0, 0.1) is 11.7 Å². The monoisotopic (exact) mass is 303 g/mol. The summed E-state index contributed by atoms with van der Waals surface area (Å²) in [7, 11) is 0. The molecule has 1 aromatic heterocycles. The van der Waals surface area contributed by atoms with Crippen LogP contribution in [0.5, 0.6) is 0 Å².